The normalized spacial score (nSPS) is 13.0. The summed E-state index contributed by atoms with van der Waals surface area (Å²) in [5.41, 5.74) is 0.385. The smallest absolute Gasteiger partial charge is 0.269 e. The second-order valence-corrected chi connectivity index (χ2v) is 12.0. The molecule has 2 atom stereocenters. The first-order valence-electron chi connectivity index (χ1n) is 13.1. The summed E-state index contributed by atoms with van der Waals surface area (Å²) in [7, 11) is -1.41. The van der Waals surface area contributed by atoms with E-state index in [1.165, 1.54) is 26.4 Å². The maximum atomic E-state index is 13.6. The number of rotatable bonds is 14. The molecule has 3 rings (SSSR count). The van der Waals surface area contributed by atoms with Gasteiger partial charge in [0, 0.05) is 37.4 Å². The summed E-state index contributed by atoms with van der Waals surface area (Å²) in [6, 6.07) is 15.1. The number of ether oxygens (including phenoxy) is 2. The molecule has 1 amide bonds. The Kier molecular flexibility index (Phi) is 10.9. The molecule has 0 aliphatic heterocycles. The van der Waals surface area contributed by atoms with Crippen molar-refractivity contribution in [2.24, 2.45) is 5.92 Å². The zero-order valence-electron chi connectivity index (χ0n) is 23.8. The van der Waals surface area contributed by atoms with Crippen LogP contribution < -0.4 is 14.8 Å². The molecule has 3 aromatic carbocycles. The van der Waals surface area contributed by atoms with Gasteiger partial charge in [-0.1, -0.05) is 44.2 Å². The van der Waals surface area contributed by atoms with Crippen LogP contribution in [0.3, 0.4) is 0 Å². The number of nitro groups is 1. The number of nitro benzene ring substituents is 1. The Morgan fingerprint density at radius 2 is 1.60 bits per heavy atom. The number of carbonyl (C=O) groups excluding carboxylic acids is 1. The number of methoxy groups -OCH3 is 2. The zero-order chi connectivity index (χ0) is 31.0. The summed E-state index contributed by atoms with van der Waals surface area (Å²) in [4.78, 5) is 23.6. The third-order valence-electron chi connectivity index (χ3n) is 6.47. The first-order valence-corrected chi connectivity index (χ1v) is 14.5. The van der Waals surface area contributed by atoms with E-state index in [1.54, 1.807) is 24.3 Å². The Morgan fingerprint density at radius 3 is 2.14 bits per heavy atom. The number of hydrogen-bond donors (Lipinski definition) is 3. The molecule has 42 heavy (non-hydrogen) atoms. The number of non-ortho nitro benzene ring substituents is 1. The number of carbonyl (C=O) groups is 1. The minimum absolute atomic E-state index is 0.0405. The van der Waals surface area contributed by atoms with E-state index < -0.39 is 33.0 Å². The maximum absolute atomic E-state index is 13.6. The minimum atomic E-state index is -4.18. The predicted octanol–water partition coefficient (Wildman–Crippen LogP) is 3.37. The summed E-state index contributed by atoms with van der Waals surface area (Å²) in [6.45, 7) is 3.29. The molecule has 0 bridgehead atoms. The Morgan fingerprint density at radius 1 is 1.00 bits per heavy atom. The van der Waals surface area contributed by atoms with E-state index >= 15 is 0 Å². The van der Waals surface area contributed by atoms with Gasteiger partial charge in [-0.25, -0.2) is 8.42 Å². The number of nitrogens with one attached hydrogen (secondary N) is 1. The number of amides is 1. The number of phenols is 1. The minimum Gasteiger partial charge on any atom is -0.507 e. The predicted molar refractivity (Wildman–Crippen MR) is 155 cm³/mol. The molecule has 0 radical (unpaired) electrons. The highest BCUT2D eigenvalue weighted by Crippen LogP contribution is 2.34. The second-order valence-electron chi connectivity index (χ2n) is 10.0. The summed E-state index contributed by atoms with van der Waals surface area (Å²) < 4.78 is 38.7. The van der Waals surface area contributed by atoms with Gasteiger partial charge in [-0.15, -0.1) is 0 Å². The van der Waals surface area contributed by atoms with Gasteiger partial charge in [-0.3, -0.25) is 14.9 Å². The topological polar surface area (TPSA) is 169 Å². The Bertz CT molecular complexity index is 1480. The van der Waals surface area contributed by atoms with Crippen molar-refractivity contribution in [2.45, 2.75) is 37.3 Å². The van der Waals surface area contributed by atoms with Crippen molar-refractivity contribution in [1.82, 2.24) is 9.62 Å². The lowest BCUT2D eigenvalue weighted by Gasteiger charge is -2.31. The number of aromatic hydroxyl groups is 1. The molecule has 0 aliphatic rings. The van der Waals surface area contributed by atoms with Gasteiger partial charge in [-0.05, 0) is 30.0 Å². The monoisotopic (exact) mass is 601 g/mol. The van der Waals surface area contributed by atoms with Crippen LogP contribution in [0.1, 0.15) is 29.8 Å². The van der Waals surface area contributed by atoms with E-state index in [9.17, 15) is 33.5 Å². The van der Waals surface area contributed by atoms with Gasteiger partial charge in [-0.2, -0.15) is 4.31 Å². The lowest BCUT2D eigenvalue weighted by Crippen LogP contribution is -2.51. The average molecular weight is 602 g/mol. The fourth-order valence-corrected chi connectivity index (χ4v) is 5.97. The molecular weight excluding hydrogens is 566 g/mol. The summed E-state index contributed by atoms with van der Waals surface area (Å²) in [5, 5.41) is 35.7. The Labute approximate surface area is 244 Å². The number of aliphatic hydroxyl groups is 1. The van der Waals surface area contributed by atoms with Crippen LogP contribution in [-0.2, 0) is 16.4 Å². The number of benzene rings is 3. The number of sulfonamides is 1. The fourth-order valence-electron chi connectivity index (χ4n) is 4.35. The molecule has 0 aliphatic carbocycles. The van der Waals surface area contributed by atoms with Crippen LogP contribution in [0, 0.1) is 16.0 Å². The number of nitrogens with zero attached hydrogens (tertiary/aromatic N) is 2. The molecule has 0 saturated carbocycles. The van der Waals surface area contributed by atoms with E-state index in [-0.39, 0.29) is 58.8 Å². The van der Waals surface area contributed by atoms with Crippen molar-refractivity contribution in [3.63, 3.8) is 0 Å². The van der Waals surface area contributed by atoms with Gasteiger partial charge in [0.25, 0.3) is 11.6 Å². The van der Waals surface area contributed by atoms with Crippen LogP contribution in [0.15, 0.2) is 71.6 Å². The third-order valence-corrected chi connectivity index (χ3v) is 8.32. The van der Waals surface area contributed by atoms with E-state index in [4.69, 9.17) is 9.47 Å². The molecule has 0 saturated heterocycles. The van der Waals surface area contributed by atoms with Gasteiger partial charge >= 0.3 is 0 Å². The molecule has 0 unspecified atom stereocenters. The molecular formula is C29H35N3O9S. The lowest BCUT2D eigenvalue weighted by atomic mass is 10.00. The van der Waals surface area contributed by atoms with Crippen molar-refractivity contribution in [3.8, 4) is 17.2 Å². The molecule has 3 N–H and O–H groups in total. The van der Waals surface area contributed by atoms with Crippen molar-refractivity contribution in [3.05, 3.63) is 88.0 Å². The molecule has 13 heteroatoms. The standard InChI is InChI=1S/C29H35N3O9S/c1-19(2)17-31(42(38,39)22-12-10-21(11-13-22)32(36)37)18-26(34)24(14-20-8-6-5-7-9-20)30-29(35)23-15-27(40-3)28(41-4)16-25(23)33/h5-13,15-16,19,24,26,33-34H,14,17-18H2,1-4H3,(H,30,35)/t24-,26+/m0/s1. The molecule has 0 spiro atoms. The van der Waals surface area contributed by atoms with Crippen LogP contribution >= 0.6 is 0 Å². The molecule has 0 heterocycles. The van der Waals surface area contributed by atoms with Crippen LogP contribution in [0.25, 0.3) is 0 Å². The maximum Gasteiger partial charge on any atom is 0.269 e. The van der Waals surface area contributed by atoms with E-state index in [0.29, 0.717) is 0 Å². The molecule has 12 nitrogen and oxygen atoms in total. The second kappa shape index (κ2) is 14.1. The zero-order valence-corrected chi connectivity index (χ0v) is 24.6. The fraction of sp³-hybridized carbons (Fsp3) is 0.345. The van der Waals surface area contributed by atoms with E-state index in [2.05, 4.69) is 5.32 Å². The highest BCUT2D eigenvalue weighted by atomic mass is 32.2. The van der Waals surface area contributed by atoms with Gasteiger partial charge in [0.05, 0.1) is 41.7 Å². The van der Waals surface area contributed by atoms with Crippen LogP contribution in [0.5, 0.6) is 17.2 Å². The first kappa shape index (κ1) is 32.3. The van der Waals surface area contributed by atoms with Crippen molar-refractivity contribution >= 4 is 21.6 Å². The average Bonchev–Trinajstić information content (AvgIpc) is 2.96. The van der Waals surface area contributed by atoms with Crippen molar-refractivity contribution < 1.29 is 37.8 Å². The number of hydrogen-bond acceptors (Lipinski definition) is 9. The Hall–Kier alpha value is -4.20. The van der Waals surface area contributed by atoms with Gasteiger partial charge in [0.15, 0.2) is 11.5 Å². The summed E-state index contributed by atoms with van der Waals surface area (Å²) in [6.07, 6.45) is -1.24. The molecule has 226 valence electrons. The number of phenolic OH excluding ortho intramolecular Hbond substituents is 1. The quantitative estimate of drug-likeness (QED) is 0.185. The van der Waals surface area contributed by atoms with Gasteiger partial charge in [0.2, 0.25) is 10.0 Å². The van der Waals surface area contributed by atoms with E-state index in [1.807, 2.05) is 19.9 Å². The summed E-state index contributed by atoms with van der Waals surface area (Å²) in [5.74, 6) is -0.802. The molecule has 3 aromatic rings. The van der Waals surface area contributed by atoms with E-state index in [0.717, 1.165) is 34.1 Å². The molecule has 0 fully saturated rings. The van der Waals surface area contributed by atoms with Crippen LogP contribution in [0.4, 0.5) is 5.69 Å². The lowest BCUT2D eigenvalue weighted by molar-refractivity contribution is -0.384. The highest BCUT2D eigenvalue weighted by Gasteiger charge is 2.32. The van der Waals surface area contributed by atoms with Gasteiger partial charge < -0.3 is 25.0 Å². The van der Waals surface area contributed by atoms with Crippen molar-refractivity contribution in [2.75, 3.05) is 27.3 Å². The summed E-state index contributed by atoms with van der Waals surface area (Å²) >= 11 is 0. The van der Waals surface area contributed by atoms with Crippen LogP contribution in [0.2, 0.25) is 0 Å². The SMILES string of the molecule is COc1cc(O)c(C(=O)N[C@@H](Cc2ccccc2)[C@H](O)CN(CC(C)C)S(=O)(=O)c2ccc([N+](=O)[O-])cc2)cc1OC. The Balaban J connectivity index is 1.94. The van der Waals surface area contributed by atoms with Gasteiger partial charge in [0.1, 0.15) is 5.75 Å². The first-order chi connectivity index (χ1) is 19.9. The largest absolute Gasteiger partial charge is 0.507 e. The third kappa shape index (κ3) is 7.96. The van der Waals surface area contributed by atoms with Crippen LogP contribution in [-0.4, -0.2) is 73.2 Å². The van der Waals surface area contributed by atoms with Crippen molar-refractivity contribution in [1.29, 1.82) is 0 Å². The highest BCUT2D eigenvalue weighted by molar-refractivity contribution is 7.89. The number of aliphatic hydroxyl groups excluding tert-OH is 1. The molecule has 0 aromatic heterocycles.